The number of anilines is 1. The maximum atomic E-state index is 12.2. The van der Waals surface area contributed by atoms with E-state index in [2.05, 4.69) is 24.1 Å². The molecule has 0 atom stereocenters. The van der Waals surface area contributed by atoms with Crippen LogP contribution < -0.4 is 5.32 Å². The molecule has 0 unspecified atom stereocenters. The summed E-state index contributed by atoms with van der Waals surface area (Å²) in [5.74, 6) is -0.531. The van der Waals surface area contributed by atoms with Crippen molar-refractivity contribution in [2.45, 2.75) is 33.6 Å². The Labute approximate surface area is 132 Å². The predicted molar refractivity (Wildman–Crippen MR) is 88.1 cm³/mol. The first-order valence-corrected chi connectivity index (χ1v) is 7.90. The average molecular weight is 306 g/mol. The van der Waals surface area contributed by atoms with Gasteiger partial charge in [-0.15, -0.1) is 0 Å². The number of hydrogen-bond acceptors (Lipinski definition) is 4. The molecule has 1 amide bonds. The Morgan fingerprint density at radius 3 is 2.32 bits per heavy atom. The van der Waals surface area contributed by atoms with Gasteiger partial charge in [-0.25, -0.2) is 4.79 Å². The highest BCUT2D eigenvalue weighted by atomic mass is 16.5. The molecule has 1 aromatic carbocycles. The van der Waals surface area contributed by atoms with Gasteiger partial charge in [0.25, 0.3) is 0 Å². The zero-order valence-corrected chi connectivity index (χ0v) is 13.7. The maximum absolute atomic E-state index is 12.2. The van der Waals surface area contributed by atoms with Crippen molar-refractivity contribution in [1.29, 1.82) is 0 Å². The molecule has 0 spiro atoms. The van der Waals surface area contributed by atoms with E-state index in [4.69, 9.17) is 4.74 Å². The first-order chi connectivity index (χ1) is 10.6. The highest BCUT2D eigenvalue weighted by Crippen LogP contribution is 2.16. The van der Waals surface area contributed by atoms with E-state index >= 15 is 0 Å². The minimum absolute atomic E-state index is 0.112. The van der Waals surface area contributed by atoms with Crippen molar-refractivity contribution in [1.82, 2.24) is 4.90 Å². The number of esters is 1. The molecular weight excluding hydrogens is 280 g/mol. The second-order valence-electron chi connectivity index (χ2n) is 5.09. The van der Waals surface area contributed by atoms with Gasteiger partial charge in [-0.3, -0.25) is 9.69 Å². The number of carbonyl (C=O) groups is 2. The molecule has 0 saturated carbocycles. The number of nitrogens with one attached hydrogen (secondary N) is 1. The van der Waals surface area contributed by atoms with Crippen molar-refractivity contribution in [3.8, 4) is 0 Å². The Morgan fingerprint density at radius 2 is 1.73 bits per heavy atom. The van der Waals surface area contributed by atoms with Gasteiger partial charge < -0.3 is 10.1 Å². The quantitative estimate of drug-likeness (QED) is 0.713. The fourth-order valence-electron chi connectivity index (χ4n) is 2.27. The standard InChI is InChI=1S/C17H26N2O3/c1-4-11-19(12-5-2)13-16(20)18-15-10-8-7-9-14(15)17(21)22-6-3/h7-10H,4-6,11-13H2,1-3H3,(H,18,20). The zero-order valence-electron chi connectivity index (χ0n) is 13.7. The molecule has 0 aliphatic heterocycles. The molecule has 5 nitrogen and oxygen atoms in total. The van der Waals surface area contributed by atoms with Gasteiger partial charge >= 0.3 is 5.97 Å². The van der Waals surface area contributed by atoms with Gasteiger partial charge in [0.05, 0.1) is 24.4 Å². The van der Waals surface area contributed by atoms with E-state index in [-0.39, 0.29) is 5.91 Å². The molecule has 0 aromatic heterocycles. The molecule has 122 valence electrons. The van der Waals surface area contributed by atoms with Gasteiger partial charge in [0.1, 0.15) is 0 Å². The molecule has 1 N–H and O–H groups in total. The first-order valence-electron chi connectivity index (χ1n) is 7.90. The van der Waals surface area contributed by atoms with E-state index < -0.39 is 5.97 Å². The molecule has 0 radical (unpaired) electrons. The Bertz CT molecular complexity index is 483. The van der Waals surface area contributed by atoms with Gasteiger partial charge in [-0.2, -0.15) is 0 Å². The van der Waals surface area contributed by atoms with Gasteiger partial charge in [0.15, 0.2) is 0 Å². The minimum atomic E-state index is -0.419. The van der Waals surface area contributed by atoms with E-state index in [1.165, 1.54) is 0 Å². The number of para-hydroxylation sites is 1. The van der Waals surface area contributed by atoms with Crippen molar-refractivity contribution >= 4 is 17.6 Å². The van der Waals surface area contributed by atoms with Crippen molar-refractivity contribution in [3.63, 3.8) is 0 Å². The lowest BCUT2D eigenvalue weighted by Gasteiger charge is -2.20. The number of rotatable bonds is 9. The third kappa shape index (κ3) is 5.85. The number of hydrogen-bond donors (Lipinski definition) is 1. The lowest BCUT2D eigenvalue weighted by molar-refractivity contribution is -0.117. The molecule has 1 aromatic rings. The summed E-state index contributed by atoms with van der Waals surface area (Å²) in [6, 6.07) is 6.91. The fraction of sp³-hybridized carbons (Fsp3) is 0.529. The smallest absolute Gasteiger partial charge is 0.340 e. The van der Waals surface area contributed by atoms with Crippen LogP contribution in [0.5, 0.6) is 0 Å². The Hall–Kier alpha value is -1.88. The molecule has 1 rings (SSSR count). The van der Waals surface area contributed by atoms with Crippen LogP contribution >= 0.6 is 0 Å². The van der Waals surface area contributed by atoms with Gasteiger partial charge in [0.2, 0.25) is 5.91 Å². The first kappa shape index (κ1) is 18.2. The van der Waals surface area contributed by atoms with E-state index in [0.717, 1.165) is 25.9 Å². The number of ether oxygens (including phenoxy) is 1. The fourth-order valence-corrected chi connectivity index (χ4v) is 2.27. The minimum Gasteiger partial charge on any atom is -0.462 e. The summed E-state index contributed by atoms with van der Waals surface area (Å²) in [5.41, 5.74) is 0.883. The molecule has 22 heavy (non-hydrogen) atoms. The monoisotopic (exact) mass is 306 g/mol. The number of amides is 1. The third-order valence-corrected chi connectivity index (χ3v) is 3.14. The lowest BCUT2D eigenvalue weighted by atomic mass is 10.2. The predicted octanol–water partition coefficient (Wildman–Crippen LogP) is 2.92. The normalized spacial score (nSPS) is 10.5. The molecule has 0 aliphatic carbocycles. The van der Waals surface area contributed by atoms with Crippen LogP contribution in [-0.4, -0.2) is 43.0 Å². The second-order valence-corrected chi connectivity index (χ2v) is 5.09. The summed E-state index contributed by atoms with van der Waals surface area (Å²) < 4.78 is 5.01. The van der Waals surface area contributed by atoms with Crippen molar-refractivity contribution in [3.05, 3.63) is 29.8 Å². The molecule has 5 heteroatoms. The van der Waals surface area contributed by atoms with Gasteiger partial charge in [0, 0.05) is 0 Å². The largest absolute Gasteiger partial charge is 0.462 e. The van der Waals surface area contributed by atoms with E-state index in [1.54, 1.807) is 31.2 Å². The van der Waals surface area contributed by atoms with E-state index in [9.17, 15) is 9.59 Å². The SMILES string of the molecule is CCCN(CCC)CC(=O)Nc1ccccc1C(=O)OCC. The molecular formula is C17H26N2O3. The number of benzene rings is 1. The average Bonchev–Trinajstić information content (AvgIpc) is 2.48. The maximum Gasteiger partial charge on any atom is 0.340 e. The topological polar surface area (TPSA) is 58.6 Å². The summed E-state index contributed by atoms with van der Waals surface area (Å²) in [4.78, 5) is 26.2. The van der Waals surface area contributed by atoms with Gasteiger partial charge in [-0.1, -0.05) is 26.0 Å². The van der Waals surface area contributed by atoms with Crippen LogP contribution in [0.1, 0.15) is 44.0 Å². The molecule has 0 fully saturated rings. The summed E-state index contributed by atoms with van der Waals surface area (Å²) in [5, 5.41) is 2.82. The third-order valence-electron chi connectivity index (χ3n) is 3.14. The van der Waals surface area contributed by atoms with Gasteiger partial charge in [-0.05, 0) is 45.0 Å². The Balaban J connectivity index is 2.73. The summed E-state index contributed by atoms with van der Waals surface area (Å²) in [7, 11) is 0. The highest BCUT2D eigenvalue weighted by molar-refractivity contribution is 6.01. The van der Waals surface area contributed by atoms with Crippen molar-refractivity contribution < 1.29 is 14.3 Å². The van der Waals surface area contributed by atoms with Crippen LogP contribution in [0.4, 0.5) is 5.69 Å². The van der Waals surface area contributed by atoms with Crippen LogP contribution in [0, 0.1) is 0 Å². The Kier molecular flexibility index (Phi) is 8.22. The van der Waals surface area contributed by atoms with E-state index in [0.29, 0.717) is 24.4 Å². The molecule has 0 saturated heterocycles. The lowest BCUT2D eigenvalue weighted by Crippen LogP contribution is -2.34. The van der Waals surface area contributed by atoms with E-state index in [1.807, 2.05) is 0 Å². The van der Waals surface area contributed by atoms with Crippen LogP contribution in [0.3, 0.4) is 0 Å². The van der Waals surface area contributed by atoms with Crippen molar-refractivity contribution in [2.75, 3.05) is 31.6 Å². The van der Waals surface area contributed by atoms with Crippen molar-refractivity contribution in [2.24, 2.45) is 0 Å². The number of carbonyl (C=O) groups excluding carboxylic acids is 2. The van der Waals surface area contributed by atoms with Crippen LogP contribution in [-0.2, 0) is 9.53 Å². The highest BCUT2D eigenvalue weighted by Gasteiger charge is 2.15. The molecule has 0 aliphatic rings. The van der Waals surface area contributed by atoms with Crippen LogP contribution in [0.15, 0.2) is 24.3 Å². The molecule has 0 heterocycles. The van der Waals surface area contributed by atoms with Crippen LogP contribution in [0.25, 0.3) is 0 Å². The summed E-state index contributed by atoms with van der Waals surface area (Å²) >= 11 is 0. The number of nitrogens with zero attached hydrogens (tertiary/aromatic N) is 1. The summed E-state index contributed by atoms with van der Waals surface area (Å²) in [6.07, 6.45) is 2.01. The Morgan fingerprint density at radius 1 is 1.09 bits per heavy atom. The second kappa shape index (κ2) is 9.95. The van der Waals surface area contributed by atoms with Crippen LogP contribution in [0.2, 0.25) is 0 Å². The summed E-state index contributed by atoms with van der Waals surface area (Å²) in [6.45, 7) is 8.36. The molecule has 0 bridgehead atoms. The zero-order chi connectivity index (χ0) is 16.4.